The van der Waals surface area contributed by atoms with Gasteiger partial charge in [0.15, 0.2) is 0 Å². The van der Waals surface area contributed by atoms with Crippen molar-refractivity contribution in [2.24, 2.45) is 0 Å². The quantitative estimate of drug-likeness (QED) is 0.599. The fourth-order valence-corrected chi connectivity index (χ4v) is 2.03. The highest BCUT2D eigenvalue weighted by Crippen LogP contribution is 2.23. The molecule has 2 rings (SSSR count). The summed E-state index contributed by atoms with van der Waals surface area (Å²) >= 11 is 6.06. The Kier molecular flexibility index (Phi) is 6.04. The lowest BCUT2D eigenvalue weighted by Crippen LogP contribution is -2.29. The lowest BCUT2D eigenvalue weighted by atomic mass is 10.2. The summed E-state index contributed by atoms with van der Waals surface area (Å²) in [6, 6.07) is 7.12. The first-order chi connectivity index (χ1) is 11.1. The minimum absolute atomic E-state index is 0.0598. The lowest BCUT2D eigenvalue weighted by Gasteiger charge is -2.03. The van der Waals surface area contributed by atoms with Crippen LogP contribution in [0.15, 0.2) is 24.3 Å². The molecule has 0 saturated carbocycles. The number of rotatable bonds is 7. The number of aromatic nitrogens is 4. The molecule has 0 saturated heterocycles. The summed E-state index contributed by atoms with van der Waals surface area (Å²) < 4.78 is 4.51. The van der Waals surface area contributed by atoms with Crippen molar-refractivity contribution in [1.82, 2.24) is 25.5 Å². The first-order valence-corrected chi connectivity index (χ1v) is 7.34. The predicted molar refractivity (Wildman–Crippen MR) is 82.5 cm³/mol. The highest BCUT2D eigenvalue weighted by Gasteiger charge is 2.11. The van der Waals surface area contributed by atoms with Crippen molar-refractivity contribution in [3.05, 3.63) is 29.3 Å². The minimum Gasteiger partial charge on any atom is -0.469 e. The van der Waals surface area contributed by atoms with Crippen LogP contribution in [0.3, 0.4) is 0 Å². The Bertz CT molecular complexity index is 689. The van der Waals surface area contributed by atoms with E-state index in [0.717, 1.165) is 0 Å². The molecule has 8 nitrogen and oxygen atoms in total. The van der Waals surface area contributed by atoms with Crippen molar-refractivity contribution in [2.75, 3.05) is 13.7 Å². The second kappa shape index (κ2) is 8.23. The average Bonchev–Trinajstić information content (AvgIpc) is 3.00. The Labute approximate surface area is 137 Å². The number of nitrogens with one attached hydrogen (secondary N) is 1. The zero-order valence-corrected chi connectivity index (χ0v) is 13.3. The van der Waals surface area contributed by atoms with E-state index in [2.05, 4.69) is 25.5 Å². The molecule has 0 atom stereocenters. The fourth-order valence-electron chi connectivity index (χ4n) is 1.81. The van der Waals surface area contributed by atoms with Crippen LogP contribution in [0.25, 0.3) is 11.4 Å². The number of carbonyl (C=O) groups excluding carboxylic acids is 2. The Hall–Kier alpha value is -2.48. The van der Waals surface area contributed by atoms with Gasteiger partial charge in [0.05, 0.1) is 12.1 Å². The van der Waals surface area contributed by atoms with Crippen molar-refractivity contribution < 1.29 is 14.3 Å². The van der Waals surface area contributed by atoms with Crippen LogP contribution in [-0.4, -0.2) is 45.7 Å². The molecule has 0 aliphatic rings. The van der Waals surface area contributed by atoms with Gasteiger partial charge in [-0.05, 0) is 23.8 Å². The maximum atomic E-state index is 11.8. The lowest BCUT2D eigenvalue weighted by molar-refractivity contribution is -0.140. The summed E-state index contributed by atoms with van der Waals surface area (Å²) in [4.78, 5) is 23.9. The molecule has 0 aliphatic carbocycles. The first-order valence-electron chi connectivity index (χ1n) is 6.96. The predicted octanol–water partition coefficient (Wildman–Crippen LogP) is 1.06. The number of carbonyl (C=O) groups is 2. The van der Waals surface area contributed by atoms with Crippen LogP contribution in [0.1, 0.15) is 12.8 Å². The number of halogens is 1. The van der Waals surface area contributed by atoms with Crippen LogP contribution in [0.4, 0.5) is 0 Å². The van der Waals surface area contributed by atoms with E-state index in [0.29, 0.717) is 29.4 Å². The second-order valence-electron chi connectivity index (χ2n) is 4.65. The monoisotopic (exact) mass is 337 g/mol. The van der Waals surface area contributed by atoms with Gasteiger partial charge in [-0.2, -0.15) is 4.80 Å². The van der Waals surface area contributed by atoms with E-state index in [1.54, 1.807) is 18.2 Å². The van der Waals surface area contributed by atoms with Crippen LogP contribution < -0.4 is 5.32 Å². The summed E-state index contributed by atoms with van der Waals surface area (Å²) in [5.74, 6) is -0.214. The van der Waals surface area contributed by atoms with E-state index < -0.39 is 0 Å². The van der Waals surface area contributed by atoms with Crippen molar-refractivity contribution in [2.45, 2.75) is 19.4 Å². The van der Waals surface area contributed by atoms with Gasteiger partial charge in [-0.1, -0.05) is 23.7 Å². The Morgan fingerprint density at radius 1 is 1.35 bits per heavy atom. The number of hydrogen-bond acceptors (Lipinski definition) is 6. The zero-order valence-electron chi connectivity index (χ0n) is 12.5. The summed E-state index contributed by atoms with van der Waals surface area (Å²) in [6.45, 7) is 0.315. The summed E-state index contributed by atoms with van der Waals surface area (Å²) in [7, 11) is 1.33. The van der Waals surface area contributed by atoms with E-state index in [9.17, 15) is 9.59 Å². The van der Waals surface area contributed by atoms with Gasteiger partial charge in [-0.25, -0.2) is 0 Å². The van der Waals surface area contributed by atoms with E-state index >= 15 is 0 Å². The molecule has 0 unspecified atom stereocenters. The van der Waals surface area contributed by atoms with Gasteiger partial charge in [-0.15, -0.1) is 10.2 Å². The van der Waals surface area contributed by atoms with Crippen molar-refractivity contribution in [1.29, 1.82) is 0 Å². The summed E-state index contributed by atoms with van der Waals surface area (Å²) in [5.41, 5.74) is 0.652. The van der Waals surface area contributed by atoms with Crippen LogP contribution >= 0.6 is 11.6 Å². The Morgan fingerprint density at radius 3 is 2.87 bits per heavy atom. The zero-order chi connectivity index (χ0) is 16.7. The largest absolute Gasteiger partial charge is 0.469 e. The number of hydrogen-bond donors (Lipinski definition) is 1. The molecule has 0 spiro atoms. The van der Waals surface area contributed by atoms with Crippen molar-refractivity contribution in [3.8, 4) is 11.4 Å². The third-order valence-electron chi connectivity index (χ3n) is 2.96. The smallest absolute Gasteiger partial charge is 0.305 e. The van der Waals surface area contributed by atoms with Crippen LogP contribution in [0.5, 0.6) is 0 Å². The summed E-state index contributed by atoms with van der Waals surface area (Å²) in [6.07, 6.45) is 0.767. The maximum Gasteiger partial charge on any atom is 0.305 e. The van der Waals surface area contributed by atoms with Gasteiger partial charge in [0.1, 0.15) is 6.54 Å². The number of amides is 1. The van der Waals surface area contributed by atoms with E-state index in [-0.39, 0.29) is 24.8 Å². The molecule has 1 aromatic heterocycles. The van der Waals surface area contributed by atoms with Crippen LogP contribution in [-0.2, 0) is 20.9 Å². The molecule has 0 fully saturated rings. The number of benzene rings is 1. The highest BCUT2D eigenvalue weighted by atomic mass is 35.5. The molecule has 9 heteroatoms. The first kappa shape index (κ1) is 16.9. The second-order valence-corrected chi connectivity index (χ2v) is 5.06. The highest BCUT2D eigenvalue weighted by molar-refractivity contribution is 6.33. The molecule has 1 aromatic carbocycles. The number of nitrogens with zero attached hydrogens (tertiary/aromatic N) is 4. The number of ether oxygens (including phenoxy) is 1. The minimum atomic E-state index is -0.304. The van der Waals surface area contributed by atoms with Gasteiger partial charge in [0.2, 0.25) is 11.7 Å². The molecular weight excluding hydrogens is 322 g/mol. The van der Waals surface area contributed by atoms with Gasteiger partial charge < -0.3 is 10.1 Å². The molecule has 1 heterocycles. The van der Waals surface area contributed by atoms with Gasteiger partial charge in [-0.3, -0.25) is 9.59 Å². The molecule has 122 valence electrons. The third kappa shape index (κ3) is 5.03. The molecule has 0 bridgehead atoms. The molecule has 0 aliphatic heterocycles. The molecule has 0 radical (unpaired) electrons. The van der Waals surface area contributed by atoms with Crippen LogP contribution in [0.2, 0.25) is 5.02 Å². The maximum absolute atomic E-state index is 11.8. The Morgan fingerprint density at radius 2 is 2.13 bits per heavy atom. The van der Waals surface area contributed by atoms with Gasteiger partial charge in [0, 0.05) is 18.5 Å². The number of methoxy groups -OCH3 is 1. The molecule has 1 amide bonds. The fraction of sp³-hybridized carbons (Fsp3) is 0.357. The number of tetrazole rings is 1. The Balaban J connectivity index is 1.83. The molecular formula is C14H16ClN5O3. The van der Waals surface area contributed by atoms with E-state index in [4.69, 9.17) is 11.6 Å². The molecule has 2 aromatic rings. The SMILES string of the molecule is COC(=O)CCCNC(=O)Cn1nnc(-c2ccccc2Cl)n1. The molecule has 1 N–H and O–H groups in total. The topological polar surface area (TPSA) is 99.0 Å². The van der Waals surface area contributed by atoms with Gasteiger partial charge >= 0.3 is 5.97 Å². The van der Waals surface area contributed by atoms with Crippen molar-refractivity contribution in [3.63, 3.8) is 0 Å². The summed E-state index contributed by atoms with van der Waals surface area (Å²) in [5, 5.41) is 15.0. The normalized spacial score (nSPS) is 10.3. The molecule has 23 heavy (non-hydrogen) atoms. The standard InChI is InChI=1S/C14H16ClN5O3/c1-23-13(22)7-4-8-16-12(21)9-20-18-14(17-19-20)10-5-2-3-6-11(10)15/h2-3,5-6H,4,7-9H2,1H3,(H,16,21). The van der Waals surface area contributed by atoms with E-state index in [1.807, 2.05) is 6.07 Å². The van der Waals surface area contributed by atoms with Gasteiger partial charge in [0.25, 0.3) is 0 Å². The number of esters is 1. The van der Waals surface area contributed by atoms with Crippen LogP contribution in [0, 0.1) is 0 Å². The van der Waals surface area contributed by atoms with E-state index in [1.165, 1.54) is 11.9 Å². The average molecular weight is 338 g/mol. The third-order valence-corrected chi connectivity index (χ3v) is 3.29. The van der Waals surface area contributed by atoms with Crippen molar-refractivity contribution >= 4 is 23.5 Å².